The molecule has 5 rings (SSSR count). The summed E-state index contributed by atoms with van der Waals surface area (Å²) in [6.07, 6.45) is 3.24. The molecule has 1 saturated heterocycles. The van der Waals surface area contributed by atoms with Crippen molar-refractivity contribution in [3.05, 3.63) is 52.7 Å². The van der Waals surface area contributed by atoms with Gasteiger partial charge in [0.25, 0.3) is 0 Å². The minimum absolute atomic E-state index is 0.110. The van der Waals surface area contributed by atoms with E-state index in [1.54, 1.807) is 39.4 Å². The van der Waals surface area contributed by atoms with Gasteiger partial charge in [0.15, 0.2) is 5.82 Å². The van der Waals surface area contributed by atoms with Crippen molar-refractivity contribution in [3.63, 3.8) is 0 Å². The summed E-state index contributed by atoms with van der Waals surface area (Å²) in [6, 6.07) is 10.3. The summed E-state index contributed by atoms with van der Waals surface area (Å²) in [7, 11) is 9.04. The van der Waals surface area contributed by atoms with Gasteiger partial charge in [-0.25, -0.2) is 4.98 Å². The van der Waals surface area contributed by atoms with E-state index in [4.69, 9.17) is 21.1 Å². The Hall–Kier alpha value is -3.80. The summed E-state index contributed by atoms with van der Waals surface area (Å²) >= 11 is 6.53. The molecule has 11 nitrogen and oxygen atoms in total. The summed E-state index contributed by atoms with van der Waals surface area (Å²) in [5, 5.41) is 7.04. The number of likely N-dealkylation sites (N-methyl/N-ethyl adjacent to an activating group) is 2. The third kappa shape index (κ3) is 7.41. The summed E-state index contributed by atoms with van der Waals surface area (Å²) < 4.78 is 11.5. The number of fused-ring (bicyclic) bond motifs is 1. The maximum atomic E-state index is 12.3. The summed E-state index contributed by atoms with van der Waals surface area (Å²) in [6.45, 7) is 6.04. The van der Waals surface area contributed by atoms with Crippen molar-refractivity contribution in [2.75, 3.05) is 96.7 Å². The van der Waals surface area contributed by atoms with Gasteiger partial charge in [-0.15, -0.1) is 0 Å². The smallest absolute Gasteiger partial charge is 0.236 e. The molecule has 1 amide bonds. The molecule has 2 aliphatic heterocycles. The number of carbonyl (C=O) groups is 1. The van der Waals surface area contributed by atoms with Crippen molar-refractivity contribution in [1.82, 2.24) is 24.7 Å². The average Bonchev–Trinajstić information content (AvgIpc) is 3.20. The second kappa shape index (κ2) is 13.7. The molecule has 3 heterocycles. The standard InChI is InChI=1S/C31H41ClN8O3/c1-37(2)29(41)20-39-10-8-21-16-26(27(42-4)17-22(21)9-11-39)35-31-33-19-24(32)30(36-31)34-25-7-6-23(18-28(25)43-5)40-14-12-38(3)13-15-40/h6-7,16-19H,8-15,20H2,1-5H3,(H2,33,34,35,36). The van der Waals surface area contributed by atoms with Crippen LogP contribution in [0.2, 0.25) is 5.02 Å². The first-order valence-electron chi connectivity index (χ1n) is 14.5. The minimum Gasteiger partial charge on any atom is -0.495 e. The van der Waals surface area contributed by atoms with Gasteiger partial charge in [-0.3, -0.25) is 9.69 Å². The van der Waals surface area contributed by atoms with Crippen LogP contribution in [0.1, 0.15) is 11.1 Å². The molecule has 2 N–H and O–H groups in total. The average molecular weight is 609 g/mol. The van der Waals surface area contributed by atoms with Crippen molar-refractivity contribution in [2.24, 2.45) is 0 Å². The van der Waals surface area contributed by atoms with E-state index in [1.165, 1.54) is 11.1 Å². The lowest BCUT2D eigenvalue weighted by atomic mass is 10.0. The highest BCUT2D eigenvalue weighted by molar-refractivity contribution is 6.33. The molecule has 3 aromatic rings. The van der Waals surface area contributed by atoms with Gasteiger partial charge in [0.1, 0.15) is 16.5 Å². The maximum Gasteiger partial charge on any atom is 0.236 e. The Balaban J connectivity index is 1.32. The van der Waals surface area contributed by atoms with Gasteiger partial charge < -0.3 is 34.8 Å². The van der Waals surface area contributed by atoms with Gasteiger partial charge in [0.2, 0.25) is 11.9 Å². The number of anilines is 5. The zero-order valence-electron chi connectivity index (χ0n) is 25.6. The van der Waals surface area contributed by atoms with E-state index in [0.29, 0.717) is 34.8 Å². The third-order valence-electron chi connectivity index (χ3n) is 8.07. The number of nitrogens with one attached hydrogen (secondary N) is 2. The lowest BCUT2D eigenvalue weighted by Gasteiger charge is -2.34. The number of nitrogens with zero attached hydrogens (tertiary/aromatic N) is 6. The first kappa shape index (κ1) is 30.7. The lowest BCUT2D eigenvalue weighted by Crippen LogP contribution is -2.44. The number of halogens is 1. The topological polar surface area (TPSA) is 98.3 Å². The number of carbonyl (C=O) groups excluding carboxylic acids is 1. The second-order valence-electron chi connectivity index (χ2n) is 11.2. The fourth-order valence-corrected chi connectivity index (χ4v) is 5.50. The molecule has 0 unspecified atom stereocenters. The van der Waals surface area contributed by atoms with E-state index in [-0.39, 0.29) is 5.91 Å². The predicted molar refractivity (Wildman–Crippen MR) is 172 cm³/mol. The van der Waals surface area contributed by atoms with Gasteiger partial charge >= 0.3 is 0 Å². The van der Waals surface area contributed by atoms with E-state index in [1.807, 2.05) is 12.1 Å². The zero-order valence-corrected chi connectivity index (χ0v) is 26.4. The Bertz CT molecular complexity index is 1440. The van der Waals surface area contributed by atoms with Gasteiger partial charge in [0, 0.05) is 65.1 Å². The Morgan fingerprint density at radius 2 is 1.60 bits per heavy atom. The van der Waals surface area contributed by atoms with Gasteiger partial charge in [-0.2, -0.15) is 4.98 Å². The molecule has 0 radical (unpaired) electrons. The number of aromatic nitrogens is 2. The molecule has 2 aliphatic rings. The molecule has 230 valence electrons. The fourth-order valence-electron chi connectivity index (χ4n) is 5.37. The Kier molecular flexibility index (Phi) is 9.74. The zero-order chi connectivity index (χ0) is 30.5. The highest BCUT2D eigenvalue weighted by atomic mass is 35.5. The molecule has 12 heteroatoms. The minimum atomic E-state index is 0.110. The van der Waals surface area contributed by atoms with Crippen molar-refractivity contribution in [3.8, 4) is 11.5 Å². The first-order valence-corrected chi connectivity index (χ1v) is 14.9. The summed E-state index contributed by atoms with van der Waals surface area (Å²) in [4.78, 5) is 29.9. The van der Waals surface area contributed by atoms with Crippen molar-refractivity contribution in [1.29, 1.82) is 0 Å². The molecule has 1 aromatic heterocycles. The highest BCUT2D eigenvalue weighted by Crippen LogP contribution is 2.36. The summed E-state index contributed by atoms with van der Waals surface area (Å²) in [5.41, 5.74) is 5.07. The molecule has 1 fully saturated rings. The SMILES string of the molecule is COc1cc2c(cc1Nc1ncc(Cl)c(Nc3ccc(N4CCN(C)CC4)cc3OC)n1)CCN(CC(=O)N(C)C)CC2. The molecule has 0 saturated carbocycles. The van der Waals surface area contributed by atoms with Gasteiger partial charge in [-0.05, 0) is 55.3 Å². The van der Waals surface area contributed by atoms with E-state index in [2.05, 4.69) is 60.5 Å². The van der Waals surface area contributed by atoms with Crippen molar-refractivity contribution < 1.29 is 14.3 Å². The van der Waals surface area contributed by atoms with Crippen LogP contribution in [0.15, 0.2) is 36.5 Å². The van der Waals surface area contributed by atoms with Crippen molar-refractivity contribution in [2.45, 2.75) is 12.8 Å². The number of methoxy groups -OCH3 is 2. The monoisotopic (exact) mass is 608 g/mol. The molecule has 2 aromatic carbocycles. The first-order chi connectivity index (χ1) is 20.7. The number of rotatable bonds is 9. The largest absolute Gasteiger partial charge is 0.495 e. The lowest BCUT2D eigenvalue weighted by molar-refractivity contribution is -0.129. The number of hydrogen-bond donors (Lipinski definition) is 2. The Morgan fingerprint density at radius 3 is 2.28 bits per heavy atom. The maximum absolute atomic E-state index is 12.3. The molecule has 43 heavy (non-hydrogen) atoms. The number of hydrogen-bond acceptors (Lipinski definition) is 10. The van der Waals surface area contributed by atoms with Crippen molar-refractivity contribution >= 4 is 46.3 Å². The normalized spacial score (nSPS) is 15.8. The van der Waals surface area contributed by atoms with E-state index in [0.717, 1.165) is 69.2 Å². The fraction of sp³-hybridized carbons (Fsp3) is 0.452. The molecule has 0 spiro atoms. The highest BCUT2D eigenvalue weighted by Gasteiger charge is 2.21. The molecule has 0 atom stereocenters. The Labute approximate surface area is 258 Å². The van der Waals surface area contributed by atoms with E-state index >= 15 is 0 Å². The molecular formula is C31H41ClN8O3. The molecule has 0 bridgehead atoms. The van der Waals surface area contributed by atoms with E-state index in [9.17, 15) is 4.79 Å². The summed E-state index contributed by atoms with van der Waals surface area (Å²) in [5.74, 6) is 2.35. The van der Waals surface area contributed by atoms with Crippen LogP contribution < -0.4 is 25.0 Å². The van der Waals surface area contributed by atoms with Crippen LogP contribution in [0.3, 0.4) is 0 Å². The quantitative estimate of drug-likeness (QED) is 0.372. The molecule has 0 aliphatic carbocycles. The third-order valence-corrected chi connectivity index (χ3v) is 8.35. The number of benzene rings is 2. The number of piperazine rings is 1. The van der Waals surface area contributed by atoms with Crippen LogP contribution in [0.25, 0.3) is 0 Å². The van der Waals surface area contributed by atoms with Crippen LogP contribution in [0.4, 0.5) is 28.8 Å². The number of ether oxygens (including phenoxy) is 2. The number of amides is 1. The second-order valence-corrected chi connectivity index (χ2v) is 11.6. The van der Waals surface area contributed by atoms with Crippen LogP contribution in [-0.4, -0.2) is 112 Å². The Morgan fingerprint density at radius 1 is 0.930 bits per heavy atom. The van der Waals surface area contributed by atoms with Crippen LogP contribution in [-0.2, 0) is 17.6 Å². The van der Waals surface area contributed by atoms with Crippen LogP contribution in [0.5, 0.6) is 11.5 Å². The van der Waals surface area contributed by atoms with Crippen LogP contribution in [0, 0.1) is 0 Å². The van der Waals surface area contributed by atoms with E-state index < -0.39 is 0 Å². The van der Waals surface area contributed by atoms with Gasteiger partial charge in [-0.1, -0.05) is 11.6 Å². The molecular weight excluding hydrogens is 568 g/mol. The predicted octanol–water partition coefficient (Wildman–Crippen LogP) is 3.88. The van der Waals surface area contributed by atoms with Gasteiger partial charge in [0.05, 0.1) is 38.3 Å². The van der Waals surface area contributed by atoms with Crippen LogP contribution >= 0.6 is 11.6 Å².